The average molecular weight is 317 g/mol. The Bertz CT molecular complexity index is 559. The molecule has 1 fully saturated rings. The van der Waals surface area contributed by atoms with Crippen molar-refractivity contribution in [1.29, 1.82) is 0 Å². The fraction of sp³-hybridized carbons (Fsp3) is 0.462. The number of amides is 1. The first-order valence-corrected chi connectivity index (χ1v) is 7.04. The summed E-state index contributed by atoms with van der Waals surface area (Å²) in [5, 5.41) is 10.9. The summed E-state index contributed by atoms with van der Waals surface area (Å²) in [6.07, 6.45) is 3.41. The molecule has 1 aliphatic carbocycles. The van der Waals surface area contributed by atoms with Crippen molar-refractivity contribution >= 4 is 34.8 Å². The van der Waals surface area contributed by atoms with Crippen molar-refractivity contribution < 1.29 is 9.72 Å². The van der Waals surface area contributed by atoms with Gasteiger partial charge in [0.1, 0.15) is 0 Å². The summed E-state index contributed by atoms with van der Waals surface area (Å²) in [7, 11) is 1.67. The molecule has 1 amide bonds. The molecule has 0 aliphatic heterocycles. The van der Waals surface area contributed by atoms with Crippen molar-refractivity contribution in [2.45, 2.75) is 19.3 Å². The lowest BCUT2D eigenvalue weighted by Gasteiger charge is -2.30. The quantitative estimate of drug-likeness (QED) is 0.627. The molecule has 2 rings (SSSR count). The van der Waals surface area contributed by atoms with Crippen LogP contribution in [0.5, 0.6) is 0 Å². The monoisotopic (exact) mass is 316 g/mol. The van der Waals surface area contributed by atoms with Gasteiger partial charge in [-0.3, -0.25) is 14.9 Å². The Morgan fingerprint density at radius 2 is 2.10 bits per heavy atom. The zero-order valence-corrected chi connectivity index (χ0v) is 12.4. The van der Waals surface area contributed by atoms with Crippen LogP contribution in [0.25, 0.3) is 0 Å². The van der Waals surface area contributed by atoms with Crippen LogP contribution in [-0.4, -0.2) is 29.3 Å². The van der Waals surface area contributed by atoms with Gasteiger partial charge in [0.25, 0.3) is 11.6 Å². The topological polar surface area (TPSA) is 63.5 Å². The standard InChI is InChI=1S/C13H14Cl2N2O3/c1-16(7-8-3-2-4-8)13(18)10-5-9(17(19)20)6-11(14)12(10)15/h5-6,8H,2-4,7H2,1H3. The SMILES string of the molecule is CN(CC1CCC1)C(=O)c1cc([N+](=O)[O-])cc(Cl)c1Cl. The molecule has 0 heterocycles. The number of benzene rings is 1. The highest BCUT2D eigenvalue weighted by molar-refractivity contribution is 6.44. The molecule has 1 aromatic carbocycles. The number of halogens is 2. The summed E-state index contributed by atoms with van der Waals surface area (Å²) in [5.74, 6) is 0.171. The molecule has 0 radical (unpaired) electrons. The van der Waals surface area contributed by atoms with Crippen LogP contribution in [0.15, 0.2) is 12.1 Å². The Hall–Kier alpha value is -1.33. The fourth-order valence-corrected chi connectivity index (χ4v) is 2.59. The van der Waals surface area contributed by atoms with E-state index in [4.69, 9.17) is 23.2 Å². The molecule has 0 bridgehead atoms. The number of carbonyl (C=O) groups excluding carboxylic acids is 1. The molecule has 0 N–H and O–H groups in total. The molecule has 0 atom stereocenters. The largest absolute Gasteiger partial charge is 0.341 e. The number of hydrogen-bond acceptors (Lipinski definition) is 3. The third-order valence-corrected chi connectivity index (χ3v) is 4.36. The smallest absolute Gasteiger partial charge is 0.271 e. The first kappa shape index (κ1) is 15.1. The van der Waals surface area contributed by atoms with E-state index in [9.17, 15) is 14.9 Å². The lowest BCUT2D eigenvalue weighted by molar-refractivity contribution is -0.384. The minimum absolute atomic E-state index is 0.0151. The number of nitro groups is 1. The van der Waals surface area contributed by atoms with Gasteiger partial charge >= 0.3 is 0 Å². The molecule has 1 saturated carbocycles. The highest BCUT2D eigenvalue weighted by atomic mass is 35.5. The van der Waals surface area contributed by atoms with Gasteiger partial charge in [-0.15, -0.1) is 0 Å². The van der Waals surface area contributed by atoms with Gasteiger partial charge in [-0.25, -0.2) is 0 Å². The van der Waals surface area contributed by atoms with Crippen molar-refractivity contribution in [2.24, 2.45) is 5.92 Å². The fourth-order valence-electron chi connectivity index (χ4n) is 2.19. The van der Waals surface area contributed by atoms with Crippen molar-refractivity contribution in [3.8, 4) is 0 Å². The van der Waals surface area contributed by atoms with E-state index in [0.29, 0.717) is 12.5 Å². The van der Waals surface area contributed by atoms with E-state index in [-0.39, 0.29) is 27.2 Å². The molecule has 1 aliphatic rings. The predicted molar refractivity (Wildman–Crippen MR) is 77.4 cm³/mol. The van der Waals surface area contributed by atoms with E-state index in [1.807, 2.05) is 0 Å². The van der Waals surface area contributed by atoms with E-state index in [1.54, 1.807) is 11.9 Å². The maximum absolute atomic E-state index is 12.3. The van der Waals surface area contributed by atoms with Crippen molar-refractivity contribution in [2.75, 3.05) is 13.6 Å². The number of carbonyl (C=O) groups is 1. The molecule has 0 spiro atoms. The van der Waals surface area contributed by atoms with Gasteiger partial charge < -0.3 is 4.90 Å². The zero-order chi connectivity index (χ0) is 14.9. The number of hydrogen-bond donors (Lipinski definition) is 0. The molecule has 0 saturated heterocycles. The number of non-ortho nitro benzene ring substituents is 1. The second kappa shape index (κ2) is 5.97. The molecular weight excluding hydrogens is 303 g/mol. The number of nitro benzene ring substituents is 1. The lowest BCUT2D eigenvalue weighted by Crippen LogP contribution is -2.34. The highest BCUT2D eigenvalue weighted by Crippen LogP contribution is 2.32. The van der Waals surface area contributed by atoms with Gasteiger partial charge in [-0.2, -0.15) is 0 Å². The molecule has 7 heteroatoms. The van der Waals surface area contributed by atoms with Crippen LogP contribution >= 0.6 is 23.2 Å². The van der Waals surface area contributed by atoms with Gasteiger partial charge in [0.15, 0.2) is 0 Å². The third kappa shape index (κ3) is 3.04. The molecule has 0 unspecified atom stereocenters. The molecule has 5 nitrogen and oxygen atoms in total. The Kier molecular flexibility index (Phi) is 4.50. The Morgan fingerprint density at radius 1 is 1.45 bits per heavy atom. The lowest BCUT2D eigenvalue weighted by atomic mass is 9.85. The van der Waals surface area contributed by atoms with Crippen LogP contribution < -0.4 is 0 Å². The minimum atomic E-state index is -0.592. The van der Waals surface area contributed by atoms with Gasteiger partial charge in [0.2, 0.25) is 0 Å². The number of nitrogens with zero attached hydrogens (tertiary/aromatic N) is 2. The van der Waals surface area contributed by atoms with Gasteiger partial charge in [0, 0.05) is 25.7 Å². The van der Waals surface area contributed by atoms with Gasteiger partial charge in [-0.05, 0) is 18.8 Å². The van der Waals surface area contributed by atoms with Crippen LogP contribution in [-0.2, 0) is 0 Å². The van der Waals surface area contributed by atoms with E-state index in [1.165, 1.54) is 12.5 Å². The highest BCUT2D eigenvalue weighted by Gasteiger charge is 2.25. The van der Waals surface area contributed by atoms with Crippen LogP contribution in [0, 0.1) is 16.0 Å². The second-order valence-electron chi connectivity index (χ2n) is 5.03. The predicted octanol–water partition coefficient (Wildman–Crippen LogP) is 3.77. The molecule has 1 aromatic rings. The normalized spacial score (nSPS) is 14.8. The maximum atomic E-state index is 12.3. The van der Waals surface area contributed by atoms with Crippen LogP contribution in [0.3, 0.4) is 0 Å². The van der Waals surface area contributed by atoms with Crippen molar-refractivity contribution in [3.63, 3.8) is 0 Å². The Morgan fingerprint density at radius 3 is 2.60 bits per heavy atom. The van der Waals surface area contributed by atoms with Crippen LogP contribution in [0.2, 0.25) is 10.0 Å². The third-order valence-electron chi connectivity index (χ3n) is 3.56. The van der Waals surface area contributed by atoms with Crippen LogP contribution in [0.4, 0.5) is 5.69 Å². The first-order chi connectivity index (χ1) is 9.40. The first-order valence-electron chi connectivity index (χ1n) is 6.29. The van der Waals surface area contributed by atoms with E-state index in [0.717, 1.165) is 18.9 Å². The summed E-state index contributed by atoms with van der Waals surface area (Å²) in [6.45, 7) is 0.634. The van der Waals surface area contributed by atoms with Crippen molar-refractivity contribution in [3.05, 3.63) is 37.9 Å². The Balaban J connectivity index is 2.25. The summed E-state index contributed by atoms with van der Waals surface area (Å²) >= 11 is 11.8. The van der Waals surface area contributed by atoms with E-state index >= 15 is 0 Å². The molecule has 108 valence electrons. The summed E-state index contributed by atoms with van der Waals surface area (Å²) in [4.78, 5) is 24.1. The summed E-state index contributed by atoms with van der Waals surface area (Å²) in [5.41, 5.74) is -0.160. The van der Waals surface area contributed by atoms with E-state index in [2.05, 4.69) is 0 Å². The minimum Gasteiger partial charge on any atom is -0.341 e. The molecular formula is C13H14Cl2N2O3. The molecule has 20 heavy (non-hydrogen) atoms. The zero-order valence-electron chi connectivity index (χ0n) is 10.9. The van der Waals surface area contributed by atoms with E-state index < -0.39 is 4.92 Å². The van der Waals surface area contributed by atoms with Crippen LogP contribution in [0.1, 0.15) is 29.6 Å². The van der Waals surface area contributed by atoms with Gasteiger partial charge in [0.05, 0.1) is 20.5 Å². The average Bonchev–Trinajstić information content (AvgIpc) is 2.35. The van der Waals surface area contributed by atoms with Crippen molar-refractivity contribution in [1.82, 2.24) is 4.90 Å². The number of rotatable bonds is 4. The van der Waals surface area contributed by atoms with Gasteiger partial charge in [-0.1, -0.05) is 29.6 Å². The Labute approximate surface area is 126 Å². The summed E-state index contributed by atoms with van der Waals surface area (Å²) < 4.78 is 0. The maximum Gasteiger partial charge on any atom is 0.271 e. The molecule has 0 aromatic heterocycles. The second-order valence-corrected chi connectivity index (χ2v) is 5.81. The summed E-state index contributed by atoms with van der Waals surface area (Å²) in [6, 6.07) is 2.32.